The lowest BCUT2D eigenvalue weighted by molar-refractivity contribution is 0.218. The van der Waals surface area contributed by atoms with Crippen LogP contribution in [0.15, 0.2) is 17.2 Å². The normalized spacial score (nSPS) is 10.1. The third-order valence-electron chi connectivity index (χ3n) is 3.69. The van der Waals surface area contributed by atoms with Gasteiger partial charge in [0.15, 0.2) is 11.5 Å². The molecule has 0 bridgehead atoms. The number of benzene rings is 1. The average Bonchev–Trinajstić information content (AvgIpc) is 2.66. The van der Waals surface area contributed by atoms with Gasteiger partial charge in [0.2, 0.25) is 5.75 Å². The maximum absolute atomic E-state index is 10.3. The fourth-order valence-electron chi connectivity index (χ4n) is 2.50. The van der Waals surface area contributed by atoms with Gasteiger partial charge in [-0.15, -0.1) is 11.8 Å². The number of methoxy groups -OCH3 is 3. The molecule has 0 fully saturated rings. The summed E-state index contributed by atoms with van der Waals surface area (Å²) in [7, 11) is 4.39. The van der Waals surface area contributed by atoms with Crippen LogP contribution in [0.5, 0.6) is 17.2 Å². The summed E-state index contributed by atoms with van der Waals surface area (Å²) in [5, 5.41) is 29.9. The van der Waals surface area contributed by atoms with E-state index in [9.17, 15) is 15.6 Å². The van der Waals surface area contributed by atoms with E-state index in [1.807, 2.05) is 6.07 Å². The number of nitriles is 2. The first-order valence-electron chi connectivity index (χ1n) is 7.73. The number of nitrogens with two attached hydrogens (primary N) is 1. The highest BCUT2D eigenvalue weighted by Crippen LogP contribution is 2.43. The van der Waals surface area contributed by atoms with E-state index in [0.717, 1.165) is 0 Å². The van der Waals surface area contributed by atoms with Crippen molar-refractivity contribution in [1.82, 2.24) is 4.98 Å². The fraction of sp³-hybridized carbons (Fsp3) is 0.278. The molecule has 2 rings (SSSR count). The van der Waals surface area contributed by atoms with Gasteiger partial charge in [0.05, 0.1) is 26.4 Å². The molecule has 0 spiro atoms. The Morgan fingerprint density at radius 1 is 1.15 bits per heavy atom. The first-order chi connectivity index (χ1) is 13.0. The molecule has 0 unspecified atom stereocenters. The minimum absolute atomic E-state index is 0.000640. The number of pyridine rings is 1. The van der Waals surface area contributed by atoms with E-state index >= 15 is 0 Å². The van der Waals surface area contributed by atoms with Gasteiger partial charge in [-0.3, -0.25) is 0 Å². The van der Waals surface area contributed by atoms with Gasteiger partial charge in [-0.1, -0.05) is 0 Å². The summed E-state index contributed by atoms with van der Waals surface area (Å²) in [6, 6.07) is 7.04. The molecular formula is C18H18N4O4S. The number of nitrogen functional groups attached to an aromatic ring is 1. The van der Waals surface area contributed by atoms with Crippen LogP contribution in [-0.4, -0.2) is 43.8 Å². The van der Waals surface area contributed by atoms with Crippen LogP contribution in [0.25, 0.3) is 11.1 Å². The van der Waals surface area contributed by atoms with Crippen LogP contribution >= 0.6 is 11.8 Å². The summed E-state index contributed by atoms with van der Waals surface area (Å²) >= 11 is 1.29. The standard InChI is InChI=1S/C18H18N4O4S/c1-24-4-5-27-18-12(9-20)15(11(8-19)17(21)22-18)10-6-13(23)16(26-3)14(7-10)25-2/h6-7,23H,4-5H2,1-3H3,(H2,21,22). The number of hydrogen-bond acceptors (Lipinski definition) is 9. The monoisotopic (exact) mass is 386 g/mol. The number of anilines is 1. The summed E-state index contributed by atoms with van der Waals surface area (Å²) in [6.07, 6.45) is 0. The highest BCUT2D eigenvalue weighted by atomic mass is 32.2. The minimum atomic E-state index is -0.191. The second-order valence-electron chi connectivity index (χ2n) is 5.22. The van der Waals surface area contributed by atoms with Gasteiger partial charge in [-0.2, -0.15) is 10.5 Å². The minimum Gasteiger partial charge on any atom is -0.504 e. The Bertz CT molecular complexity index is 935. The SMILES string of the molecule is COCCSc1nc(N)c(C#N)c(-c2cc(O)c(OC)c(OC)c2)c1C#N. The third-order valence-corrected chi connectivity index (χ3v) is 4.63. The third kappa shape index (κ3) is 4.00. The lowest BCUT2D eigenvalue weighted by atomic mass is 9.96. The summed E-state index contributed by atoms with van der Waals surface area (Å²) in [4.78, 5) is 4.19. The van der Waals surface area contributed by atoms with E-state index < -0.39 is 0 Å². The van der Waals surface area contributed by atoms with E-state index in [0.29, 0.717) is 22.9 Å². The van der Waals surface area contributed by atoms with Crippen LogP contribution in [0.4, 0.5) is 5.82 Å². The number of hydrogen-bond donors (Lipinski definition) is 2. The quantitative estimate of drug-likeness (QED) is 0.543. The average molecular weight is 386 g/mol. The van der Waals surface area contributed by atoms with E-state index in [2.05, 4.69) is 11.1 Å². The molecule has 0 amide bonds. The largest absolute Gasteiger partial charge is 0.504 e. The van der Waals surface area contributed by atoms with E-state index in [-0.39, 0.29) is 39.8 Å². The smallest absolute Gasteiger partial charge is 0.203 e. The predicted molar refractivity (Wildman–Crippen MR) is 101 cm³/mol. The van der Waals surface area contributed by atoms with Crippen LogP contribution in [0.2, 0.25) is 0 Å². The number of phenols is 1. The topological polar surface area (TPSA) is 134 Å². The number of aromatic hydroxyl groups is 1. The van der Waals surface area contributed by atoms with Gasteiger partial charge in [0, 0.05) is 18.4 Å². The molecule has 8 nitrogen and oxygen atoms in total. The molecule has 0 atom stereocenters. The summed E-state index contributed by atoms with van der Waals surface area (Å²) in [5.41, 5.74) is 6.87. The molecule has 0 saturated carbocycles. The molecule has 1 aromatic heterocycles. The summed E-state index contributed by atoms with van der Waals surface area (Å²) in [6.45, 7) is 0.462. The number of phenolic OH excluding ortho intramolecular Hbond substituents is 1. The number of aromatic nitrogens is 1. The highest BCUT2D eigenvalue weighted by Gasteiger charge is 2.23. The van der Waals surface area contributed by atoms with Crippen molar-refractivity contribution in [3.63, 3.8) is 0 Å². The van der Waals surface area contributed by atoms with Crippen molar-refractivity contribution in [2.75, 3.05) is 39.4 Å². The van der Waals surface area contributed by atoms with Crippen LogP contribution in [-0.2, 0) is 4.74 Å². The molecule has 2 aromatic rings. The van der Waals surface area contributed by atoms with E-state index in [1.54, 1.807) is 13.2 Å². The van der Waals surface area contributed by atoms with Gasteiger partial charge < -0.3 is 25.1 Å². The van der Waals surface area contributed by atoms with Crippen molar-refractivity contribution >= 4 is 17.6 Å². The van der Waals surface area contributed by atoms with Crippen LogP contribution in [0.1, 0.15) is 11.1 Å². The fourth-order valence-corrected chi connectivity index (χ4v) is 3.40. The molecule has 3 N–H and O–H groups in total. The lowest BCUT2D eigenvalue weighted by Gasteiger charge is -2.15. The van der Waals surface area contributed by atoms with Gasteiger partial charge in [0.25, 0.3) is 0 Å². The Hall–Kier alpha value is -3.14. The molecule has 0 aliphatic rings. The maximum atomic E-state index is 10.3. The predicted octanol–water partition coefficient (Wildman–Crippen LogP) is 2.54. The van der Waals surface area contributed by atoms with E-state index in [4.69, 9.17) is 19.9 Å². The van der Waals surface area contributed by atoms with Crippen molar-refractivity contribution in [2.24, 2.45) is 0 Å². The Balaban J connectivity index is 2.77. The maximum Gasteiger partial charge on any atom is 0.203 e. The number of ether oxygens (including phenoxy) is 3. The molecule has 9 heteroatoms. The Morgan fingerprint density at radius 2 is 1.85 bits per heavy atom. The summed E-state index contributed by atoms with van der Waals surface area (Å²) < 4.78 is 15.4. The zero-order valence-electron chi connectivity index (χ0n) is 15.1. The van der Waals surface area contributed by atoms with Crippen LogP contribution in [0.3, 0.4) is 0 Å². The first kappa shape index (κ1) is 20.2. The first-order valence-corrected chi connectivity index (χ1v) is 8.71. The van der Waals surface area contributed by atoms with Crippen molar-refractivity contribution in [1.29, 1.82) is 10.5 Å². The van der Waals surface area contributed by atoms with Gasteiger partial charge >= 0.3 is 0 Å². The second-order valence-corrected chi connectivity index (χ2v) is 6.31. The van der Waals surface area contributed by atoms with Gasteiger partial charge in [-0.05, 0) is 17.7 Å². The molecule has 1 heterocycles. The van der Waals surface area contributed by atoms with Crippen molar-refractivity contribution < 1.29 is 19.3 Å². The van der Waals surface area contributed by atoms with Crippen molar-refractivity contribution in [3.05, 3.63) is 23.3 Å². The van der Waals surface area contributed by atoms with Crippen molar-refractivity contribution in [3.8, 4) is 40.5 Å². The number of rotatable bonds is 7. The van der Waals surface area contributed by atoms with Crippen LogP contribution in [0, 0.1) is 22.7 Å². The number of thioether (sulfide) groups is 1. The summed E-state index contributed by atoms with van der Waals surface area (Å²) in [5.74, 6) is 0.767. The number of nitrogens with zero attached hydrogens (tertiary/aromatic N) is 3. The van der Waals surface area contributed by atoms with Gasteiger partial charge in [-0.25, -0.2) is 4.98 Å². The molecule has 0 aliphatic heterocycles. The molecular weight excluding hydrogens is 368 g/mol. The molecule has 140 valence electrons. The zero-order chi connectivity index (χ0) is 20.0. The Kier molecular flexibility index (Phi) is 6.72. The second kappa shape index (κ2) is 8.99. The van der Waals surface area contributed by atoms with Crippen LogP contribution < -0.4 is 15.2 Å². The zero-order valence-corrected chi connectivity index (χ0v) is 15.9. The molecule has 0 radical (unpaired) electrons. The Morgan fingerprint density at radius 3 is 2.41 bits per heavy atom. The Labute approximate surface area is 161 Å². The highest BCUT2D eigenvalue weighted by molar-refractivity contribution is 7.99. The molecule has 1 aromatic carbocycles. The molecule has 0 aliphatic carbocycles. The molecule has 27 heavy (non-hydrogen) atoms. The van der Waals surface area contributed by atoms with Crippen molar-refractivity contribution in [2.45, 2.75) is 5.03 Å². The van der Waals surface area contributed by atoms with E-state index in [1.165, 1.54) is 32.0 Å². The van der Waals surface area contributed by atoms with Gasteiger partial charge in [0.1, 0.15) is 28.5 Å². The molecule has 0 saturated heterocycles. The lowest BCUT2D eigenvalue weighted by Crippen LogP contribution is -2.04.